The van der Waals surface area contributed by atoms with Crippen LogP contribution in [-0.4, -0.2) is 37.1 Å². The molecule has 1 saturated heterocycles. The molecule has 0 spiro atoms. The van der Waals surface area contributed by atoms with E-state index in [1.807, 2.05) is 29.2 Å². The van der Waals surface area contributed by atoms with Crippen LogP contribution in [0, 0.1) is 0 Å². The summed E-state index contributed by atoms with van der Waals surface area (Å²) in [6.07, 6.45) is 0.824. The Hall–Kier alpha value is -2.13. The zero-order valence-electron chi connectivity index (χ0n) is 14.2. The van der Waals surface area contributed by atoms with Gasteiger partial charge in [0.1, 0.15) is 0 Å². The van der Waals surface area contributed by atoms with E-state index >= 15 is 0 Å². The highest BCUT2D eigenvalue weighted by molar-refractivity contribution is 5.84. The molecule has 0 saturated carbocycles. The van der Waals surface area contributed by atoms with E-state index in [-0.39, 0.29) is 11.8 Å². The Bertz CT molecular complexity index is 635. The van der Waals surface area contributed by atoms with Gasteiger partial charge in [-0.3, -0.25) is 4.79 Å². The molecule has 3 nitrogen and oxygen atoms in total. The number of carbonyl (C=O) groups excluding carboxylic acids is 1. The molecule has 2 aromatic carbocycles. The fraction of sp³-hybridized carbons (Fsp3) is 0.381. The Morgan fingerprint density at radius 2 is 1.50 bits per heavy atom. The number of carbonyl (C=O) groups is 1. The second kappa shape index (κ2) is 8.11. The molecule has 0 aliphatic carbocycles. The maximum Gasteiger partial charge on any atom is 0.230 e. The van der Waals surface area contributed by atoms with Crippen LogP contribution in [0.2, 0.25) is 0 Å². The van der Waals surface area contributed by atoms with Crippen LogP contribution in [0.5, 0.6) is 0 Å². The molecule has 3 heteroatoms. The van der Waals surface area contributed by atoms with Crippen molar-refractivity contribution in [2.45, 2.75) is 25.2 Å². The first-order valence-corrected chi connectivity index (χ1v) is 8.72. The number of nitrogens with zero attached hydrogens (tertiary/aromatic N) is 1. The quantitative estimate of drug-likeness (QED) is 0.837. The van der Waals surface area contributed by atoms with E-state index in [1.54, 1.807) is 0 Å². The topological polar surface area (TPSA) is 29.5 Å². The standard InChI is InChI=1S/C21H25NO2/c1-17(18-8-4-2-5-9-18)16-20(19-10-6-3-7-11-19)21(23)22-12-14-24-15-13-22/h2-11,17,20H,12-16H2,1H3. The molecule has 0 bridgehead atoms. The fourth-order valence-corrected chi connectivity index (χ4v) is 3.34. The molecule has 0 radical (unpaired) electrons. The third-order valence-corrected chi connectivity index (χ3v) is 4.78. The molecule has 3 rings (SSSR count). The molecular formula is C21H25NO2. The van der Waals surface area contributed by atoms with Crippen LogP contribution in [0.25, 0.3) is 0 Å². The van der Waals surface area contributed by atoms with E-state index < -0.39 is 0 Å². The lowest BCUT2D eigenvalue weighted by Gasteiger charge is -2.31. The highest BCUT2D eigenvalue weighted by Gasteiger charge is 2.28. The van der Waals surface area contributed by atoms with Gasteiger partial charge in [-0.2, -0.15) is 0 Å². The number of ether oxygens (including phenoxy) is 1. The summed E-state index contributed by atoms with van der Waals surface area (Å²) < 4.78 is 5.39. The molecule has 1 heterocycles. The van der Waals surface area contributed by atoms with Gasteiger partial charge in [0.2, 0.25) is 5.91 Å². The van der Waals surface area contributed by atoms with Crippen molar-refractivity contribution < 1.29 is 9.53 Å². The Morgan fingerprint density at radius 3 is 2.08 bits per heavy atom. The highest BCUT2D eigenvalue weighted by atomic mass is 16.5. The van der Waals surface area contributed by atoms with Crippen LogP contribution in [0.4, 0.5) is 0 Å². The summed E-state index contributed by atoms with van der Waals surface area (Å²) in [7, 11) is 0. The van der Waals surface area contributed by atoms with Gasteiger partial charge in [-0.25, -0.2) is 0 Å². The van der Waals surface area contributed by atoms with Crippen molar-refractivity contribution in [2.24, 2.45) is 0 Å². The van der Waals surface area contributed by atoms with Gasteiger partial charge >= 0.3 is 0 Å². The Labute approximate surface area is 144 Å². The molecular weight excluding hydrogens is 298 g/mol. The Kier molecular flexibility index (Phi) is 5.65. The van der Waals surface area contributed by atoms with Crippen LogP contribution in [0.3, 0.4) is 0 Å². The predicted molar refractivity (Wildman–Crippen MR) is 96.1 cm³/mol. The normalized spacial score (nSPS) is 17.3. The van der Waals surface area contributed by atoms with E-state index in [1.165, 1.54) is 5.56 Å². The number of morpholine rings is 1. The first kappa shape index (κ1) is 16.7. The molecule has 0 N–H and O–H groups in total. The maximum absolute atomic E-state index is 13.1. The lowest BCUT2D eigenvalue weighted by molar-refractivity contribution is -0.137. The third kappa shape index (κ3) is 4.04. The van der Waals surface area contributed by atoms with Crippen LogP contribution in [-0.2, 0) is 9.53 Å². The van der Waals surface area contributed by atoms with Crippen LogP contribution in [0.1, 0.15) is 36.3 Å². The van der Waals surface area contributed by atoms with Crippen LogP contribution < -0.4 is 0 Å². The molecule has 1 aliphatic rings. The molecule has 126 valence electrons. The molecule has 1 aliphatic heterocycles. The Balaban J connectivity index is 1.81. The van der Waals surface area contributed by atoms with Crippen molar-refractivity contribution >= 4 is 5.91 Å². The van der Waals surface area contributed by atoms with Gasteiger partial charge in [-0.1, -0.05) is 67.6 Å². The van der Waals surface area contributed by atoms with E-state index in [0.717, 1.165) is 12.0 Å². The first-order chi connectivity index (χ1) is 11.8. The summed E-state index contributed by atoms with van der Waals surface area (Å²) in [6.45, 7) is 4.88. The van der Waals surface area contributed by atoms with Crippen molar-refractivity contribution in [3.05, 3.63) is 71.8 Å². The average molecular weight is 323 g/mol. The highest BCUT2D eigenvalue weighted by Crippen LogP contribution is 2.31. The average Bonchev–Trinajstić information content (AvgIpc) is 2.67. The van der Waals surface area contributed by atoms with Crippen LogP contribution >= 0.6 is 0 Å². The van der Waals surface area contributed by atoms with Crippen molar-refractivity contribution in [1.29, 1.82) is 0 Å². The van der Waals surface area contributed by atoms with E-state index in [0.29, 0.717) is 32.2 Å². The summed E-state index contributed by atoms with van der Waals surface area (Å²) in [5, 5.41) is 0. The molecule has 2 unspecified atom stereocenters. The summed E-state index contributed by atoms with van der Waals surface area (Å²) in [5.74, 6) is 0.466. The lowest BCUT2D eigenvalue weighted by Crippen LogP contribution is -2.43. The number of hydrogen-bond acceptors (Lipinski definition) is 2. The van der Waals surface area contributed by atoms with Crippen molar-refractivity contribution in [2.75, 3.05) is 26.3 Å². The summed E-state index contributed by atoms with van der Waals surface area (Å²) in [5.41, 5.74) is 2.39. The molecule has 2 atom stereocenters. The molecule has 0 aromatic heterocycles. The monoisotopic (exact) mass is 323 g/mol. The summed E-state index contributed by atoms with van der Waals surface area (Å²) in [6, 6.07) is 20.6. The van der Waals surface area contributed by atoms with Gasteiger partial charge in [0.25, 0.3) is 0 Å². The predicted octanol–water partition coefficient (Wildman–Crippen LogP) is 3.82. The largest absolute Gasteiger partial charge is 0.378 e. The minimum Gasteiger partial charge on any atom is -0.378 e. The lowest BCUT2D eigenvalue weighted by atomic mass is 9.85. The van der Waals surface area contributed by atoms with Gasteiger partial charge in [0, 0.05) is 13.1 Å². The number of amides is 1. The number of benzene rings is 2. The van der Waals surface area contributed by atoms with Gasteiger partial charge in [-0.05, 0) is 23.5 Å². The van der Waals surface area contributed by atoms with Gasteiger partial charge in [0.15, 0.2) is 0 Å². The number of rotatable bonds is 5. The molecule has 2 aromatic rings. The number of hydrogen-bond donors (Lipinski definition) is 0. The van der Waals surface area contributed by atoms with Crippen molar-refractivity contribution in [3.8, 4) is 0 Å². The summed E-state index contributed by atoms with van der Waals surface area (Å²) in [4.78, 5) is 15.1. The SMILES string of the molecule is CC(CC(C(=O)N1CCOCC1)c1ccccc1)c1ccccc1. The van der Waals surface area contributed by atoms with Crippen molar-refractivity contribution in [3.63, 3.8) is 0 Å². The first-order valence-electron chi connectivity index (χ1n) is 8.72. The smallest absolute Gasteiger partial charge is 0.230 e. The van der Waals surface area contributed by atoms with Gasteiger partial charge < -0.3 is 9.64 Å². The minimum absolute atomic E-state index is 0.0977. The second-order valence-corrected chi connectivity index (χ2v) is 6.45. The molecule has 24 heavy (non-hydrogen) atoms. The van der Waals surface area contributed by atoms with Gasteiger partial charge in [-0.15, -0.1) is 0 Å². The minimum atomic E-state index is -0.0977. The zero-order valence-corrected chi connectivity index (χ0v) is 14.2. The molecule has 1 fully saturated rings. The second-order valence-electron chi connectivity index (χ2n) is 6.45. The maximum atomic E-state index is 13.1. The molecule has 1 amide bonds. The fourth-order valence-electron chi connectivity index (χ4n) is 3.34. The van der Waals surface area contributed by atoms with Crippen LogP contribution in [0.15, 0.2) is 60.7 Å². The third-order valence-electron chi connectivity index (χ3n) is 4.78. The zero-order chi connectivity index (χ0) is 16.8. The van der Waals surface area contributed by atoms with E-state index in [4.69, 9.17) is 4.74 Å². The summed E-state index contributed by atoms with van der Waals surface area (Å²) >= 11 is 0. The van der Waals surface area contributed by atoms with Crippen molar-refractivity contribution in [1.82, 2.24) is 4.90 Å². The van der Waals surface area contributed by atoms with Gasteiger partial charge in [0.05, 0.1) is 19.1 Å². The van der Waals surface area contributed by atoms with E-state index in [9.17, 15) is 4.79 Å². The Morgan fingerprint density at radius 1 is 0.958 bits per heavy atom. The van der Waals surface area contributed by atoms with E-state index in [2.05, 4.69) is 43.3 Å².